The molecule has 2 rings (SSSR count). The smallest absolute Gasteiger partial charge is 0.409 e. The summed E-state index contributed by atoms with van der Waals surface area (Å²) in [6.45, 7) is 8.37. The summed E-state index contributed by atoms with van der Waals surface area (Å²) in [6, 6.07) is 1.58. The molecule has 25 heavy (non-hydrogen) atoms. The predicted molar refractivity (Wildman–Crippen MR) is 88.8 cm³/mol. The van der Waals surface area contributed by atoms with Crippen LogP contribution in [0.3, 0.4) is 0 Å². The maximum Gasteiger partial charge on any atom is 0.409 e. The second kappa shape index (κ2) is 7.54. The molecule has 1 aromatic heterocycles. The molecule has 0 aliphatic carbocycles. The summed E-state index contributed by atoms with van der Waals surface area (Å²) in [6.07, 6.45) is -0.381. The van der Waals surface area contributed by atoms with Crippen LogP contribution in [0.25, 0.3) is 0 Å². The molecule has 0 radical (unpaired) electrons. The van der Waals surface area contributed by atoms with Gasteiger partial charge in [-0.1, -0.05) is 5.16 Å². The minimum atomic E-state index is -1.26. The summed E-state index contributed by atoms with van der Waals surface area (Å²) in [4.78, 5) is 40.1. The van der Waals surface area contributed by atoms with Gasteiger partial charge in [0.2, 0.25) is 11.8 Å². The number of carbonyl (C=O) groups excluding carboxylic acids is 3. The second-order valence-electron chi connectivity index (χ2n) is 6.38. The van der Waals surface area contributed by atoms with Gasteiger partial charge in [0.05, 0.1) is 6.61 Å². The van der Waals surface area contributed by atoms with Crippen molar-refractivity contribution in [3.8, 4) is 0 Å². The van der Waals surface area contributed by atoms with Crippen LogP contribution in [-0.2, 0) is 14.3 Å². The number of aryl methyl sites for hydroxylation is 1. The number of ether oxygens (including phenoxy) is 1. The highest BCUT2D eigenvalue weighted by molar-refractivity contribution is 6.09. The van der Waals surface area contributed by atoms with Gasteiger partial charge in [-0.2, -0.15) is 0 Å². The van der Waals surface area contributed by atoms with Crippen LogP contribution >= 0.6 is 0 Å². The summed E-state index contributed by atoms with van der Waals surface area (Å²) in [5.41, 5.74) is -1.26. The second-order valence-corrected chi connectivity index (χ2v) is 6.38. The Morgan fingerprint density at radius 1 is 1.24 bits per heavy atom. The molecule has 3 amide bonds. The van der Waals surface area contributed by atoms with Crippen LogP contribution in [0.15, 0.2) is 10.6 Å². The molecular weight excluding hydrogens is 328 g/mol. The van der Waals surface area contributed by atoms with Gasteiger partial charge in [0, 0.05) is 32.2 Å². The molecule has 1 fully saturated rings. The minimum absolute atomic E-state index is 0.274. The maximum atomic E-state index is 12.7. The average molecular weight is 352 g/mol. The number of amides is 3. The predicted octanol–water partition coefficient (Wildman–Crippen LogP) is 1.25. The van der Waals surface area contributed by atoms with E-state index >= 15 is 0 Å². The molecule has 0 unspecified atom stereocenters. The largest absolute Gasteiger partial charge is 0.450 e. The first kappa shape index (κ1) is 18.8. The molecule has 1 aromatic rings. The SMILES string of the molecule is CCOC(=O)N1CCN(C(=O)C(C)(C)C(=O)Nc2cc(C)on2)CC1. The van der Waals surface area contributed by atoms with Crippen molar-refractivity contribution in [2.75, 3.05) is 38.1 Å². The van der Waals surface area contributed by atoms with Crippen molar-refractivity contribution in [2.24, 2.45) is 5.41 Å². The summed E-state index contributed by atoms with van der Waals surface area (Å²) < 4.78 is 9.85. The highest BCUT2D eigenvalue weighted by Gasteiger charge is 2.40. The number of piperazine rings is 1. The minimum Gasteiger partial charge on any atom is -0.450 e. The number of nitrogens with one attached hydrogen (secondary N) is 1. The van der Waals surface area contributed by atoms with Gasteiger partial charge < -0.3 is 24.4 Å². The fraction of sp³-hybridized carbons (Fsp3) is 0.625. The topological polar surface area (TPSA) is 105 Å². The first-order valence-corrected chi connectivity index (χ1v) is 8.21. The van der Waals surface area contributed by atoms with E-state index in [0.29, 0.717) is 38.5 Å². The number of nitrogens with zero attached hydrogens (tertiary/aromatic N) is 3. The average Bonchev–Trinajstić information content (AvgIpc) is 2.99. The van der Waals surface area contributed by atoms with Crippen LogP contribution in [0, 0.1) is 12.3 Å². The van der Waals surface area contributed by atoms with E-state index in [1.807, 2.05) is 0 Å². The van der Waals surface area contributed by atoms with E-state index in [4.69, 9.17) is 9.26 Å². The first-order chi connectivity index (χ1) is 11.8. The van der Waals surface area contributed by atoms with Crippen molar-refractivity contribution in [3.05, 3.63) is 11.8 Å². The Kier molecular flexibility index (Phi) is 5.66. The maximum absolute atomic E-state index is 12.7. The molecule has 0 aromatic carbocycles. The molecule has 1 aliphatic heterocycles. The van der Waals surface area contributed by atoms with E-state index in [9.17, 15) is 14.4 Å². The Morgan fingerprint density at radius 3 is 2.36 bits per heavy atom. The molecule has 9 nitrogen and oxygen atoms in total. The van der Waals surface area contributed by atoms with Crippen molar-refractivity contribution in [2.45, 2.75) is 27.7 Å². The molecule has 0 spiro atoms. The fourth-order valence-corrected chi connectivity index (χ4v) is 2.50. The van der Waals surface area contributed by atoms with Crippen LogP contribution in [0.2, 0.25) is 0 Å². The van der Waals surface area contributed by atoms with E-state index in [0.717, 1.165) is 0 Å². The molecule has 138 valence electrons. The number of hydrogen-bond acceptors (Lipinski definition) is 6. The van der Waals surface area contributed by atoms with Gasteiger partial charge in [0.15, 0.2) is 5.82 Å². The number of anilines is 1. The van der Waals surface area contributed by atoms with Crippen LogP contribution < -0.4 is 5.32 Å². The zero-order valence-electron chi connectivity index (χ0n) is 15.0. The highest BCUT2D eigenvalue weighted by atomic mass is 16.6. The lowest BCUT2D eigenvalue weighted by Gasteiger charge is -2.37. The summed E-state index contributed by atoms with van der Waals surface area (Å²) in [5, 5.41) is 6.29. The summed E-state index contributed by atoms with van der Waals surface area (Å²) >= 11 is 0. The van der Waals surface area contributed by atoms with E-state index in [-0.39, 0.29) is 17.8 Å². The quantitative estimate of drug-likeness (QED) is 0.818. The van der Waals surface area contributed by atoms with E-state index in [1.54, 1.807) is 43.6 Å². The molecule has 0 bridgehead atoms. The lowest BCUT2D eigenvalue weighted by atomic mass is 9.90. The lowest BCUT2D eigenvalue weighted by Crippen LogP contribution is -2.55. The zero-order chi connectivity index (χ0) is 18.6. The zero-order valence-corrected chi connectivity index (χ0v) is 15.0. The normalized spacial score (nSPS) is 15.0. The number of rotatable bonds is 4. The number of hydrogen-bond donors (Lipinski definition) is 1. The Balaban J connectivity index is 1.94. The monoisotopic (exact) mass is 352 g/mol. The third-order valence-corrected chi connectivity index (χ3v) is 4.06. The standard InChI is InChI=1S/C16H24N4O5/c1-5-24-15(23)20-8-6-19(7-9-20)14(22)16(3,4)13(21)17-12-10-11(2)25-18-12/h10H,5-9H2,1-4H3,(H,17,18,21). The molecule has 9 heteroatoms. The van der Waals surface area contributed by atoms with Gasteiger partial charge in [-0.05, 0) is 27.7 Å². The molecule has 0 saturated carbocycles. The van der Waals surface area contributed by atoms with Gasteiger partial charge in [0.25, 0.3) is 0 Å². The van der Waals surface area contributed by atoms with Crippen molar-refractivity contribution >= 4 is 23.7 Å². The highest BCUT2D eigenvalue weighted by Crippen LogP contribution is 2.23. The molecule has 1 saturated heterocycles. The molecule has 1 aliphatic rings. The molecular formula is C16H24N4O5. The van der Waals surface area contributed by atoms with Crippen LogP contribution in [0.4, 0.5) is 10.6 Å². The van der Waals surface area contributed by atoms with Gasteiger partial charge in [0.1, 0.15) is 11.2 Å². The van der Waals surface area contributed by atoms with Crippen molar-refractivity contribution in [1.82, 2.24) is 15.0 Å². The van der Waals surface area contributed by atoms with Gasteiger partial charge >= 0.3 is 6.09 Å². The lowest BCUT2D eigenvalue weighted by molar-refractivity contribution is -0.147. The van der Waals surface area contributed by atoms with Gasteiger partial charge in [-0.15, -0.1) is 0 Å². The van der Waals surface area contributed by atoms with E-state index in [1.165, 1.54) is 0 Å². The Morgan fingerprint density at radius 2 is 1.84 bits per heavy atom. The third kappa shape index (κ3) is 4.28. The van der Waals surface area contributed by atoms with Crippen LogP contribution in [-0.4, -0.2) is 65.6 Å². The third-order valence-electron chi connectivity index (χ3n) is 4.06. The van der Waals surface area contributed by atoms with Crippen molar-refractivity contribution in [1.29, 1.82) is 0 Å². The Bertz CT molecular complexity index is 647. The van der Waals surface area contributed by atoms with Gasteiger partial charge in [-0.25, -0.2) is 4.79 Å². The van der Waals surface area contributed by atoms with Crippen LogP contribution in [0.5, 0.6) is 0 Å². The summed E-state index contributed by atoms with van der Waals surface area (Å²) in [7, 11) is 0. The molecule has 0 atom stereocenters. The fourth-order valence-electron chi connectivity index (χ4n) is 2.50. The Labute approximate surface area is 146 Å². The summed E-state index contributed by atoms with van der Waals surface area (Å²) in [5.74, 6) is 0.0809. The number of aromatic nitrogens is 1. The molecule has 1 N–H and O–H groups in total. The van der Waals surface area contributed by atoms with Crippen molar-refractivity contribution in [3.63, 3.8) is 0 Å². The first-order valence-electron chi connectivity index (χ1n) is 8.21. The van der Waals surface area contributed by atoms with Crippen LogP contribution in [0.1, 0.15) is 26.5 Å². The molecule has 2 heterocycles. The van der Waals surface area contributed by atoms with E-state index in [2.05, 4.69) is 10.5 Å². The van der Waals surface area contributed by atoms with E-state index < -0.39 is 11.3 Å². The Hall–Kier alpha value is -2.58. The number of carbonyl (C=O) groups is 3. The van der Waals surface area contributed by atoms with Crippen molar-refractivity contribution < 1.29 is 23.6 Å². The van der Waals surface area contributed by atoms with Gasteiger partial charge in [-0.3, -0.25) is 9.59 Å².